The average molecular weight is 325 g/mol. The molecule has 1 heterocycles. The molecule has 0 radical (unpaired) electrons. The summed E-state index contributed by atoms with van der Waals surface area (Å²) in [6.07, 6.45) is 1.78. The molecule has 0 saturated carbocycles. The highest BCUT2D eigenvalue weighted by Gasteiger charge is 2.13. The lowest BCUT2D eigenvalue weighted by atomic mass is 10.0. The number of methoxy groups -OCH3 is 4. The zero-order chi connectivity index (χ0) is 17.1. The molecule has 3 aromatic rings. The lowest BCUT2D eigenvalue weighted by molar-refractivity contribution is 0.355. The number of nitrogens with zero attached hydrogens (tertiary/aromatic N) is 1. The van der Waals surface area contributed by atoms with Gasteiger partial charge in [0.25, 0.3) is 0 Å². The molecule has 0 fully saturated rings. The summed E-state index contributed by atoms with van der Waals surface area (Å²) in [6, 6.07) is 11.6. The Morgan fingerprint density at radius 2 is 1.29 bits per heavy atom. The van der Waals surface area contributed by atoms with Gasteiger partial charge in [-0.15, -0.1) is 0 Å². The SMILES string of the molecule is COc1ccc(-c2nccc3cc(OC)c(OC)cc23)cc1OC. The van der Waals surface area contributed by atoms with Crippen LogP contribution >= 0.6 is 0 Å². The quantitative estimate of drug-likeness (QED) is 0.711. The van der Waals surface area contributed by atoms with E-state index in [4.69, 9.17) is 18.9 Å². The van der Waals surface area contributed by atoms with Crippen molar-refractivity contribution in [1.82, 2.24) is 4.98 Å². The smallest absolute Gasteiger partial charge is 0.161 e. The van der Waals surface area contributed by atoms with Gasteiger partial charge in [0.05, 0.1) is 34.1 Å². The molecule has 0 amide bonds. The highest BCUT2D eigenvalue weighted by molar-refractivity contribution is 5.96. The van der Waals surface area contributed by atoms with Crippen molar-refractivity contribution < 1.29 is 18.9 Å². The fraction of sp³-hybridized carbons (Fsp3) is 0.211. The highest BCUT2D eigenvalue weighted by atomic mass is 16.5. The Morgan fingerprint density at radius 1 is 0.667 bits per heavy atom. The molecule has 2 aromatic carbocycles. The molecule has 3 rings (SSSR count). The van der Waals surface area contributed by atoms with Gasteiger partial charge in [-0.2, -0.15) is 0 Å². The van der Waals surface area contributed by atoms with Gasteiger partial charge in [0, 0.05) is 17.1 Å². The monoisotopic (exact) mass is 325 g/mol. The van der Waals surface area contributed by atoms with E-state index >= 15 is 0 Å². The molecule has 24 heavy (non-hydrogen) atoms. The van der Waals surface area contributed by atoms with E-state index in [0.29, 0.717) is 23.0 Å². The van der Waals surface area contributed by atoms with Gasteiger partial charge >= 0.3 is 0 Å². The largest absolute Gasteiger partial charge is 0.493 e. The minimum atomic E-state index is 0.661. The summed E-state index contributed by atoms with van der Waals surface area (Å²) < 4.78 is 21.5. The van der Waals surface area contributed by atoms with Crippen molar-refractivity contribution in [3.05, 3.63) is 42.6 Å². The molecule has 0 spiro atoms. The summed E-state index contributed by atoms with van der Waals surface area (Å²) in [6.45, 7) is 0. The third kappa shape index (κ3) is 2.69. The van der Waals surface area contributed by atoms with Crippen LogP contribution in [0.5, 0.6) is 23.0 Å². The van der Waals surface area contributed by atoms with E-state index in [-0.39, 0.29) is 0 Å². The van der Waals surface area contributed by atoms with Crippen molar-refractivity contribution >= 4 is 10.8 Å². The molecule has 0 aliphatic carbocycles. The molecule has 5 heteroatoms. The topological polar surface area (TPSA) is 49.8 Å². The van der Waals surface area contributed by atoms with Crippen LogP contribution in [0.15, 0.2) is 42.6 Å². The van der Waals surface area contributed by atoms with E-state index in [1.54, 1.807) is 34.6 Å². The van der Waals surface area contributed by atoms with Gasteiger partial charge in [0.15, 0.2) is 23.0 Å². The summed E-state index contributed by atoms with van der Waals surface area (Å²) in [5.74, 6) is 2.70. The zero-order valence-electron chi connectivity index (χ0n) is 14.1. The summed E-state index contributed by atoms with van der Waals surface area (Å²) in [7, 11) is 6.48. The number of rotatable bonds is 5. The molecule has 0 N–H and O–H groups in total. The second-order valence-electron chi connectivity index (χ2n) is 5.16. The Bertz CT molecular complexity index is 877. The van der Waals surface area contributed by atoms with Crippen LogP contribution < -0.4 is 18.9 Å². The number of fused-ring (bicyclic) bond motifs is 1. The van der Waals surface area contributed by atoms with Crippen molar-refractivity contribution in [3.63, 3.8) is 0 Å². The highest BCUT2D eigenvalue weighted by Crippen LogP contribution is 2.38. The minimum absolute atomic E-state index is 0.661. The van der Waals surface area contributed by atoms with E-state index in [1.165, 1.54) is 0 Å². The Kier molecular flexibility index (Phi) is 4.42. The standard InChI is InChI=1S/C19H19NO4/c1-21-15-6-5-13(10-16(15)22-2)19-14-11-18(24-4)17(23-3)9-12(14)7-8-20-19/h5-11H,1-4H3. The van der Waals surface area contributed by atoms with Crippen molar-refractivity contribution in [2.45, 2.75) is 0 Å². The van der Waals surface area contributed by atoms with Crippen molar-refractivity contribution in [2.75, 3.05) is 28.4 Å². The van der Waals surface area contributed by atoms with Crippen LogP contribution in [-0.2, 0) is 0 Å². The molecule has 5 nitrogen and oxygen atoms in total. The average Bonchev–Trinajstić information content (AvgIpc) is 2.65. The minimum Gasteiger partial charge on any atom is -0.493 e. The number of hydrogen-bond donors (Lipinski definition) is 0. The zero-order valence-corrected chi connectivity index (χ0v) is 14.1. The van der Waals surface area contributed by atoms with Gasteiger partial charge in [0.1, 0.15) is 0 Å². The first-order chi connectivity index (χ1) is 11.7. The van der Waals surface area contributed by atoms with E-state index < -0.39 is 0 Å². The molecular formula is C19H19NO4. The van der Waals surface area contributed by atoms with E-state index in [2.05, 4.69) is 4.98 Å². The van der Waals surface area contributed by atoms with Gasteiger partial charge in [-0.05, 0) is 41.8 Å². The summed E-state index contributed by atoms with van der Waals surface area (Å²) in [5, 5.41) is 2.00. The van der Waals surface area contributed by atoms with Crippen LogP contribution in [0.3, 0.4) is 0 Å². The first-order valence-corrected chi connectivity index (χ1v) is 7.45. The molecule has 0 saturated heterocycles. The first kappa shape index (κ1) is 15.9. The summed E-state index contributed by atoms with van der Waals surface area (Å²) >= 11 is 0. The Labute approximate surface area is 140 Å². The van der Waals surface area contributed by atoms with Crippen molar-refractivity contribution in [1.29, 1.82) is 0 Å². The van der Waals surface area contributed by atoms with Crippen LogP contribution in [0.4, 0.5) is 0 Å². The number of hydrogen-bond acceptors (Lipinski definition) is 5. The van der Waals surface area contributed by atoms with E-state index in [1.807, 2.05) is 36.4 Å². The van der Waals surface area contributed by atoms with Crippen LogP contribution in [0.25, 0.3) is 22.0 Å². The number of aromatic nitrogens is 1. The first-order valence-electron chi connectivity index (χ1n) is 7.45. The lowest BCUT2D eigenvalue weighted by Gasteiger charge is -2.13. The van der Waals surface area contributed by atoms with Crippen molar-refractivity contribution in [2.24, 2.45) is 0 Å². The Balaban J connectivity index is 2.23. The second kappa shape index (κ2) is 6.66. The van der Waals surface area contributed by atoms with Gasteiger partial charge < -0.3 is 18.9 Å². The molecule has 124 valence electrons. The maximum absolute atomic E-state index is 5.42. The van der Waals surface area contributed by atoms with Gasteiger partial charge in [-0.1, -0.05) is 0 Å². The third-order valence-electron chi connectivity index (χ3n) is 3.93. The molecule has 0 aliphatic heterocycles. The van der Waals surface area contributed by atoms with Crippen LogP contribution in [0, 0.1) is 0 Å². The maximum Gasteiger partial charge on any atom is 0.161 e. The lowest BCUT2D eigenvalue weighted by Crippen LogP contribution is -1.94. The number of ether oxygens (including phenoxy) is 4. The van der Waals surface area contributed by atoms with Gasteiger partial charge in [0.2, 0.25) is 0 Å². The number of benzene rings is 2. The number of pyridine rings is 1. The Hall–Kier alpha value is -2.95. The predicted octanol–water partition coefficient (Wildman–Crippen LogP) is 3.94. The van der Waals surface area contributed by atoms with Gasteiger partial charge in [-0.25, -0.2) is 0 Å². The van der Waals surface area contributed by atoms with E-state index in [0.717, 1.165) is 22.0 Å². The third-order valence-corrected chi connectivity index (χ3v) is 3.93. The summed E-state index contributed by atoms with van der Waals surface area (Å²) in [5.41, 5.74) is 1.78. The molecule has 1 aromatic heterocycles. The van der Waals surface area contributed by atoms with Crippen LogP contribution in [0.1, 0.15) is 0 Å². The maximum atomic E-state index is 5.42. The van der Waals surface area contributed by atoms with Gasteiger partial charge in [-0.3, -0.25) is 4.98 Å². The van der Waals surface area contributed by atoms with Crippen molar-refractivity contribution in [3.8, 4) is 34.3 Å². The van der Waals surface area contributed by atoms with Crippen LogP contribution in [0.2, 0.25) is 0 Å². The fourth-order valence-corrected chi connectivity index (χ4v) is 2.71. The summed E-state index contributed by atoms with van der Waals surface area (Å²) in [4.78, 5) is 4.55. The second-order valence-corrected chi connectivity index (χ2v) is 5.16. The van der Waals surface area contributed by atoms with E-state index in [9.17, 15) is 0 Å². The fourth-order valence-electron chi connectivity index (χ4n) is 2.71. The molecular weight excluding hydrogens is 306 g/mol. The predicted molar refractivity (Wildman–Crippen MR) is 93.4 cm³/mol. The molecule has 0 bridgehead atoms. The Morgan fingerprint density at radius 3 is 1.96 bits per heavy atom. The molecule has 0 atom stereocenters. The molecule has 0 unspecified atom stereocenters. The van der Waals surface area contributed by atoms with Crippen LogP contribution in [-0.4, -0.2) is 33.4 Å². The molecule has 0 aliphatic rings. The normalized spacial score (nSPS) is 10.5.